The van der Waals surface area contributed by atoms with Gasteiger partial charge in [0.05, 0.1) is 6.61 Å². The van der Waals surface area contributed by atoms with E-state index < -0.39 is 0 Å². The van der Waals surface area contributed by atoms with Gasteiger partial charge >= 0.3 is 0 Å². The quantitative estimate of drug-likeness (QED) is 0.428. The van der Waals surface area contributed by atoms with Crippen LogP contribution in [0.5, 0.6) is 0 Å². The molecule has 2 N–H and O–H groups in total. The molecule has 5 heteroatoms. The van der Waals surface area contributed by atoms with Gasteiger partial charge in [0.2, 0.25) is 0 Å². The number of methoxy groups -OCH3 is 1. The van der Waals surface area contributed by atoms with Crippen LogP contribution < -0.4 is 5.73 Å². The molecule has 1 aliphatic heterocycles. The maximum Gasteiger partial charge on any atom is 0.191 e. The molecule has 0 radical (unpaired) electrons. The molecule has 1 heterocycles. The summed E-state index contributed by atoms with van der Waals surface area (Å²) in [6.45, 7) is 5.77. The minimum atomic E-state index is 0.737. The zero-order valence-electron chi connectivity index (χ0n) is 12.6. The van der Waals surface area contributed by atoms with E-state index in [9.17, 15) is 0 Å². The number of likely N-dealkylation sites (N-methyl/N-ethyl adjacent to an activating group) is 1. The molecule has 19 heavy (non-hydrogen) atoms. The summed E-state index contributed by atoms with van der Waals surface area (Å²) in [6, 6.07) is 0. The standard InChI is InChI=1S/C14H30N4O/c1-17(12-13-19-2)9-7-8-16-14(15)18-10-5-3-4-6-11-18/h3-13H2,1-2H3,(H2,15,16). The first-order valence-electron chi connectivity index (χ1n) is 7.46. The molecule has 0 amide bonds. The molecule has 112 valence electrons. The van der Waals surface area contributed by atoms with Crippen LogP contribution in [-0.2, 0) is 4.74 Å². The molecule has 0 atom stereocenters. The van der Waals surface area contributed by atoms with Crippen molar-refractivity contribution >= 4 is 5.96 Å². The van der Waals surface area contributed by atoms with E-state index in [0.717, 1.165) is 51.7 Å². The number of rotatable bonds is 7. The monoisotopic (exact) mass is 270 g/mol. The summed E-state index contributed by atoms with van der Waals surface area (Å²) in [5, 5.41) is 0. The molecule has 0 aromatic rings. The zero-order chi connectivity index (χ0) is 13.9. The van der Waals surface area contributed by atoms with Crippen LogP contribution in [0, 0.1) is 0 Å². The van der Waals surface area contributed by atoms with E-state index in [-0.39, 0.29) is 0 Å². The van der Waals surface area contributed by atoms with Crippen LogP contribution in [0.15, 0.2) is 4.99 Å². The number of ether oxygens (including phenoxy) is 1. The van der Waals surface area contributed by atoms with Crippen molar-refractivity contribution in [2.24, 2.45) is 10.7 Å². The first-order chi connectivity index (χ1) is 9.24. The summed E-state index contributed by atoms with van der Waals surface area (Å²) in [5.41, 5.74) is 6.06. The van der Waals surface area contributed by atoms with Gasteiger partial charge in [0, 0.05) is 33.3 Å². The van der Waals surface area contributed by atoms with E-state index in [1.807, 2.05) is 0 Å². The van der Waals surface area contributed by atoms with Gasteiger partial charge in [0.25, 0.3) is 0 Å². The lowest BCUT2D eigenvalue weighted by atomic mass is 10.2. The van der Waals surface area contributed by atoms with E-state index in [0.29, 0.717) is 0 Å². The van der Waals surface area contributed by atoms with E-state index >= 15 is 0 Å². The van der Waals surface area contributed by atoms with Gasteiger partial charge in [0.1, 0.15) is 0 Å². The first-order valence-corrected chi connectivity index (χ1v) is 7.46. The van der Waals surface area contributed by atoms with Crippen LogP contribution in [0.25, 0.3) is 0 Å². The zero-order valence-corrected chi connectivity index (χ0v) is 12.6. The lowest BCUT2D eigenvalue weighted by Gasteiger charge is -2.21. The molecule has 1 fully saturated rings. The Labute approximate surface area is 117 Å². The smallest absolute Gasteiger partial charge is 0.191 e. The Kier molecular flexibility index (Phi) is 8.58. The fourth-order valence-corrected chi connectivity index (χ4v) is 2.29. The third kappa shape index (κ3) is 7.38. The van der Waals surface area contributed by atoms with Crippen molar-refractivity contribution in [1.29, 1.82) is 0 Å². The Balaban J connectivity index is 2.16. The topological polar surface area (TPSA) is 54.1 Å². The number of guanidine groups is 1. The van der Waals surface area contributed by atoms with Gasteiger partial charge in [-0.05, 0) is 32.9 Å². The summed E-state index contributed by atoms with van der Waals surface area (Å²) in [6.07, 6.45) is 6.20. The highest BCUT2D eigenvalue weighted by Gasteiger charge is 2.10. The third-order valence-corrected chi connectivity index (χ3v) is 3.58. The van der Waals surface area contributed by atoms with Gasteiger partial charge in [-0.15, -0.1) is 0 Å². The molecule has 0 unspecified atom stereocenters. The van der Waals surface area contributed by atoms with Crippen LogP contribution in [-0.4, -0.2) is 69.2 Å². The molecule has 5 nitrogen and oxygen atoms in total. The Morgan fingerprint density at radius 2 is 1.89 bits per heavy atom. The number of hydrogen-bond donors (Lipinski definition) is 1. The Bertz CT molecular complexity index is 250. The van der Waals surface area contributed by atoms with Crippen LogP contribution >= 0.6 is 0 Å². The molecule has 0 spiro atoms. The summed E-state index contributed by atoms with van der Waals surface area (Å²) >= 11 is 0. The van der Waals surface area contributed by atoms with Crippen molar-refractivity contribution in [3.63, 3.8) is 0 Å². The highest BCUT2D eigenvalue weighted by Crippen LogP contribution is 2.09. The van der Waals surface area contributed by atoms with E-state index in [2.05, 4.69) is 21.8 Å². The predicted octanol–water partition coefficient (Wildman–Crippen LogP) is 1.15. The molecular weight excluding hydrogens is 240 g/mol. The lowest BCUT2D eigenvalue weighted by molar-refractivity contribution is 0.161. The minimum Gasteiger partial charge on any atom is -0.383 e. The average Bonchev–Trinajstić information content (AvgIpc) is 2.70. The fraction of sp³-hybridized carbons (Fsp3) is 0.929. The third-order valence-electron chi connectivity index (χ3n) is 3.58. The molecule has 0 saturated carbocycles. The van der Waals surface area contributed by atoms with Gasteiger partial charge < -0.3 is 20.3 Å². The van der Waals surface area contributed by atoms with Crippen molar-refractivity contribution in [3.8, 4) is 0 Å². The summed E-state index contributed by atoms with van der Waals surface area (Å²) in [7, 11) is 3.85. The Morgan fingerprint density at radius 1 is 1.21 bits per heavy atom. The van der Waals surface area contributed by atoms with Gasteiger partial charge in [0.15, 0.2) is 5.96 Å². The van der Waals surface area contributed by atoms with E-state index in [4.69, 9.17) is 10.5 Å². The number of hydrogen-bond acceptors (Lipinski definition) is 3. The average molecular weight is 270 g/mol. The molecular formula is C14H30N4O. The molecule has 0 aromatic carbocycles. The summed E-state index contributed by atoms with van der Waals surface area (Å²) < 4.78 is 5.05. The normalized spacial score (nSPS) is 17.8. The second-order valence-electron chi connectivity index (χ2n) is 5.29. The highest BCUT2D eigenvalue weighted by molar-refractivity contribution is 5.78. The Morgan fingerprint density at radius 3 is 2.53 bits per heavy atom. The van der Waals surface area contributed by atoms with E-state index in [1.54, 1.807) is 7.11 Å². The van der Waals surface area contributed by atoms with Crippen LogP contribution in [0.3, 0.4) is 0 Å². The van der Waals surface area contributed by atoms with Gasteiger partial charge in [-0.1, -0.05) is 12.8 Å². The molecule has 0 aromatic heterocycles. The largest absolute Gasteiger partial charge is 0.383 e. The van der Waals surface area contributed by atoms with Crippen LogP contribution in [0.1, 0.15) is 32.1 Å². The van der Waals surface area contributed by atoms with Crippen molar-refractivity contribution < 1.29 is 4.74 Å². The van der Waals surface area contributed by atoms with Crippen LogP contribution in [0.4, 0.5) is 0 Å². The number of nitrogens with zero attached hydrogens (tertiary/aromatic N) is 3. The SMILES string of the molecule is COCCN(C)CCCN=C(N)N1CCCCCC1. The Hall–Kier alpha value is -0.810. The van der Waals surface area contributed by atoms with Crippen molar-refractivity contribution in [3.05, 3.63) is 0 Å². The second-order valence-corrected chi connectivity index (χ2v) is 5.29. The van der Waals surface area contributed by atoms with Gasteiger partial charge in [-0.2, -0.15) is 0 Å². The molecule has 0 aliphatic carbocycles. The maximum absolute atomic E-state index is 6.06. The molecule has 0 bridgehead atoms. The highest BCUT2D eigenvalue weighted by atomic mass is 16.5. The fourth-order valence-electron chi connectivity index (χ4n) is 2.29. The van der Waals surface area contributed by atoms with Gasteiger partial charge in [-0.3, -0.25) is 4.99 Å². The number of nitrogens with two attached hydrogens (primary N) is 1. The molecule has 1 aliphatic rings. The number of likely N-dealkylation sites (tertiary alicyclic amines) is 1. The van der Waals surface area contributed by atoms with Crippen molar-refractivity contribution in [2.75, 3.05) is 53.5 Å². The predicted molar refractivity (Wildman–Crippen MR) is 80.5 cm³/mol. The van der Waals surface area contributed by atoms with E-state index in [1.165, 1.54) is 25.7 Å². The minimum absolute atomic E-state index is 0.737. The maximum atomic E-state index is 6.06. The van der Waals surface area contributed by atoms with Crippen LogP contribution in [0.2, 0.25) is 0 Å². The molecule has 1 rings (SSSR count). The lowest BCUT2D eigenvalue weighted by Crippen LogP contribution is -2.38. The summed E-state index contributed by atoms with van der Waals surface area (Å²) in [4.78, 5) is 9.01. The second kappa shape index (κ2) is 10.0. The van der Waals surface area contributed by atoms with Crippen molar-refractivity contribution in [1.82, 2.24) is 9.80 Å². The van der Waals surface area contributed by atoms with Crippen molar-refractivity contribution in [2.45, 2.75) is 32.1 Å². The molecule has 1 saturated heterocycles. The summed E-state index contributed by atoms with van der Waals surface area (Å²) in [5.74, 6) is 0.737. The van der Waals surface area contributed by atoms with Gasteiger partial charge in [-0.25, -0.2) is 0 Å². The number of aliphatic imine (C=N–C) groups is 1. The first kappa shape index (κ1) is 16.2.